The third-order valence-electron chi connectivity index (χ3n) is 4.30. The van der Waals surface area contributed by atoms with Crippen molar-refractivity contribution in [2.45, 2.75) is 6.04 Å². The first kappa shape index (κ1) is 17.9. The first-order valence-corrected chi connectivity index (χ1v) is 8.62. The van der Waals surface area contributed by atoms with Gasteiger partial charge in [-0.2, -0.15) is 0 Å². The molecule has 3 rings (SSSR count). The predicted molar refractivity (Wildman–Crippen MR) is 95.3 cm³/mol. The Morgan fingerprint density at radius 3 is 2.40 bits per heavy atom. The van der Waals surface area contributed by atoms with Crippen LogP contribution in [-0.4, -0.2) is 43.7 Å². The Labute approximate surface area is 151 Å². The van der Waals surface area contributed by atoms with Gasteiger partial charge in [0.1, 0.15) is 5.82 Å². The predicted octanol–water partition coefficient (Wildman–Crippen LogP) is 3.28. The third-order valence-corrected chi connectivity index (χ3v) is 4.56. The molecule has 2 aromatic carbocycles. The van der Waals surface area contributed by atoms with Crippen LogP contribution in [-0.2, 0) is 4.74 Å². The zero-order valence-corrected chi connectivity index (χ0v) is 14.5. The molecular weight excluding hydrogens is 343 g/mol. The van der Waals surface area contributed by atoms with Crippen molar-refractivity contribution < 1.29 is 13.9 Å². The van der Waals surface area contributed by atoms with E-state index in [-0.39, 0.29) is 17.8 Å². The number of carbonyl (C=O) groups excluding carboxylic acids is 1. The number of morpholine rings is 1. The van der Waals surface area contributed by atoms with E-state index in [0.29, 0.717) is 30.3 Å². The number of amides is 1. The Balaban J connectivity index is 1.71. The lowest BCUT2D eigenvalue weighted by molar-refractivity contribution is 0.0162. The summed E-state index contributed by atoms with van der Waals surface area (Å²) in [5.74, 6) is -0.573. The van der Waals surface area contributed by atoms with Crippen molar-refractivity contribution >= 4 is 17.5 Å². The number of halogens is 2. The molecule has 0 aromatic heterocycles. The summed E-state index contributed by atoms with van der Waals surface area (Å²) in [6.45, 7) is 3.42. The fourth-order valence-electron chi connectivity index (χ4n) is 2.92. The zero-order valence-electron chi connectivity index (χ0n) is 13.8. The highest BCUT2D eigenvalue weighted by atomic mass is 35.5. The van der Waals surface area contributed by atoms with Crippen LogP contribution in [0.2, 0.25) is 5.02 Å². The van der Waals surface area contributed by atoms with Gasteiger partial charge >= 0.3 is 0 Å². The van der Waals surface area contributed by atoms with E-state index in [9.17, 15) is 9.18 Å². The number of benzene rings is 2. The largest absolute Gasteiger partial charge is 0.379 e. The van der Waals surface area contributed by atoms with E-state index < -0.39 is 0 Å². The zero-order chi connectivity index (χ0) is 17.6. The molecule has 1 fully saturated rings. The molecule has 1 atom stereocenters. The van der Waals surface area contributed by atoms with Gasteiger partial charge in [0.05, 0.1) is 19.3 Å². The molecule has 0 bridgehead atoms. The molecule has 0 aliphatic carbocycles. The van der Waals surface area contributed by atoms with Crippen LogP contribution in [0.15, 0.2) is 48.5 Å². The van der Waals surface area contributed by atoms with E-state index in [2.05, 4.69) is 10.2 Å². The van der Waals surface area contributed by atoms with Crippen molar-refractivity contribution in [3.8, 4) is 0 Å². The molecule has 2 aromatic rings. The fourth-order valence-corrected chi connectivity index (χ4v) is 3.05. The number of ether oxygens (including phenoxy) is 1. The Hall–Kier alpha value is -1.95. The molecule has 0 radical (unpaired) electrons. The summed E-state index contributed by atoms with van der Waals surface area (Å²) < 4.78 is 18.4. The number of rotatable bonds is 5. The van der Waals surface area contributed by atoms with Gasteiger partial charge in [0.2, 0.25) is 0 Å². The van der Waals surface area contributed by atoms with Crippen molar-refractivity contribution in [1.29, 1.82) is 0 Å². The van der Waals surface area contributed by atoms with E-state index in [1.165, 1.54) is 24.3 Å². The maximum Gasteiger partial charge on any atom is 0.251 e. The summed E-state index contributed by atoms with van der Waals surface area (Å²) in [4.78, 5) is 14.6. The summed E-state index contributed by atoms with van der Waals surface area (Å²) in [5.41, 5.74) is 1.53. The highest BCUT2D eigenvalue weighted by molar-refractivity contribution is 6.30. The molecule has 1 amide bonds. The maximum atomic E-state index is 13.0. The van der Waals surface area contributed by atoms with Gasteiger partial charge in [0, 0.05) is 30.2 Å². The average molecular weight is 363 g/mol. The molecular formula is C19H20ClFN2O2. The minimum Gasteiger partial charge on any atom is -0.379 e. The number of carbonyl (C=O) groups is 1. The quantitative estimate of drug-likeness (QED) is 0.887. The molecule has 0 saturated carbocycles. The van der Waals surface area contributed by atoms with Crippen LogP contribution < -0.4 is 5.32 Å². The SMILES string of the molecule is O=C(NC[C@H](c1ccc(Cl)cc1)N1CCOCC1)c1ccc(F)cc1. The monoisotopic (exact) mass is 362 g/mol. The number of hydrogen-bond donors (Lipinski definition) is 1. The van der Waals surface area contributed by atoms with Crippen molar-refractivity contribution in [1.82, 2.24) is 10.2 Å². The Kier molecular flexibility index (Phi) is 6.02. The summed E-state index contributed by atoms with van der Waals surface area (Å²) in [5, 5.41) is 3.63. The third kappa shape index (κ3) is 4.78. The van der Waals surface area contributed by atoms with Crippen molar-refractivity contribution in [3.05, 3.63) is 70.5 Å². The lowest BCUT2D eigenvalue weighted by Crippen LogP contribution is -2.43. The van der Waals surface area contributed by atoms with E-state index in [1.54, 1.807) is 0 Å². The van der Waals surface area contributed by atoms with E-state index >= 15 is 0 Å². The Morgan fingerprint density at radius 1 is 1.12 bits per heavy atom. The van der Waals surface area contributed by atoms with Crippen LogP contribution in [0, 0.1) is 5.82 Å². The van der Waals surface area contributed by atoms with Crippen LogP contribution in [0.5, 0.6) is 0 Å². The minimum absolute atomic E-state index is 0.0329. The fraction of sp³-hybridized carbons (Fsp3) is 0.316. The molecule has 1 aliphatic heterocycles. The van der Waals surface area contributed by atoms with Gasteiger partial charge in [0.25, 0.3) is 5.91 Å². The normalized spacial score (nSPS) is 16.4. The molecule has 1 heterocycles. The number of nitrogens with one attached hydrogen (secondary N) is 1. The lowest BCUT2D eigenvalue weighted by Gasteiger charge is -2.35. The van der Waals surface area contributed by atoms with Crippen LogP contribution in [0.3, 0.4) is 0 Å². The molecule has 0 spiro atoms. The second kappa shape index (κ2) is 8.43. The van der Waals surface area contributed by atoms with Gasteiger partial charge < -0.3 is 10.1 Å². The summed E-state index contributed by atoms with van der Waals surface area (Å²) in [6.07, 6.45) is 0. The average Bonchev–Trinajstić information content (AvgIpc) is 2.64. The second-order valence-corrected chi connectivity index (χ2v) is 6.37. The minimum atomic E-state index is -0.357. The highest BCUT2D eigenvalue weighted by Gasteiger charge is 2.23. The first-order chi connectivity index (χ1) is 12.1. The molecule has 4 nitrogen and oxygen atoms in total. The Morgan fingerprint density at radius 2 is 1.76 bits per heavy atom. The number of nitrogens with zero attached hydrogens (tertiary/aromatic N) is 1. The van der Waals surface area contributed by atoms with Gasteiger partial charge in [-0.05, 0) is 42.0 Å². The van der Waals surface area contributed by atoms with Crippen molar-refractivity contribution in [3.63, 3.8) is 0 Å². The molecule has 132 valence electrons. The van der Waals surface area contributed by atoms with Gasteiger partial charge in [-0.25, -0.2) is 4.39 Å². The topological polar surface area (TPSA) is 41.6 Å². The van der Waals surface area contributed by atoms with Gasteiger partial charge in [-0.1, -0.05) is 23.7 Å². The smallest absolute Gasteiger partial charge is 0.251 e. The molecule has 6 heteroatoms. The molecule has 25 heavy (non-hydrogen) atoms. The first-order valence-electron chi connectivity index (χ1n) is 8.24. The second-order valence-electron chi connectivity index (χ2n) is 5.93. The molecule has 1 saturated heterocycles. The highest BCUT2D eigenvalue weighted by Crippen LogP contribution is 2.23. The summed E-state index contributed by atoms with van der Waals surface area (Å²) in [7, 11) is 0. The van der Waals surface area contributed by atoms with E-state index in [4.69, 9.17) is 16.3 Å². The van der Waals surface area contributed by atoms with Crippen molar-refractivity contribution in [2.75, 3.05) is 32.8 Å². The number of hydrogen-bond acceptors (Lipinski definition) is 3. The summed E-state index contributed by atoms with van der Waals surface area (Å²) in [6, 6.07) is 13.2. The van der Waals surface area contributed by atoms with Crippen LogP contribution in [0.1, 0.15) is 22.0 Å². The van der Waals surface area contributed by atoms with Gasteiger partial charge in [-0.15, -0.1) is 0 Å². The van der Waals surface area contributed by atoms with Crippen LogP contribution in [0.4, 0.5) is 4.39 Å². The standard InChI is InChI=1S/C19H20ClFN2O2/c20-16-5-1-14(2-6-16)18(23-9-11-25-12-10-23)13-22-19(24)15-3-7-17(21)8-4-15/h1-8,18H,9-13H2,(H,22,24)/t18-/m1/s1. The van der Waals surface area contributed by atoms with Crippen molar-refractivity contribution in [2.24, 2.45) is 0 Å². The molecule has 1 N–H and O–H groups in total. The maximum absolute atomic E-state index is 13.0. The lowest BCUT2D eigenvalue weighted by atomic mass is 10.0. The van der Waals surface area contributed by atoms with Crippen LogP contribution in [0.25, 0.3) is 0 Å². The van der Waals surface area contributed by atoms with Gasteiger partial charge in [0.15, 0.2) is 0 Å². The van der Waals surface area contributed by atoms with E-state index in [0.717, 1.165) is 18.7 Å². The molecule has 0 unspecified atom stereocenters. The molecule has 1 aliphatic rings. The van der Waals surface area contributed by atoms with E-state index in [1.807, 2.05) is 24.3 Å². The van der Waals surface area contributed by atoms with Crippen LogP contribution >= 0.6 is 11.6 Å². The Bertz CT molecular complexity index is 700. The van der Waals surface area contributed by atoms with Gasteiger partial charge in [-0.3, -0.25) is 9.69 Å². The summed E-state index contributed by atoms with van der Waals surface area (Å²) >= 11 is 5.99.